The molecule has 0 unspecified atom stereocenters. The van der Waals surface area contributed by atoms with E-state index in [1.54, 1.807) is 0 Å². The van der Waals surface area contributed by atoms with Gasteiger partial charge in [0.1, 0.15) is 0 Å². The standard InChI is InChI=1S/C8H16ClN/c1-10(6-2-5-9)7-8-3-4-8/h8H,2-7H2,1H3. The first-order chi connectivity index (χ1) is 4.83. The van der Waals surface area contributed by atoms with Crippen LogP contribution in [0.4, 0.5) is 0 Å². The van der Waals surface area contributed by atoms with Gasteiger partial charge in [-0.05, 0) is 38.8 Å². The molecule has 0 spiro atoms. The molecule has 0 aromatic carbocycles. The lowest BCUT2D eigenvalue weighted by Gasteiger charge is -2.14. The highest BCUT2D eigenvalue weighted by molar-refractivity contribution is 6.17. The van der Waals surface area contributed by atoms with Crippen molar-refractivity contribution in [2.45, 2.75) is 19.3 Å². The van der Waals surface area contributed by atoms with Crippen molar-refractivity contribution in [3.05, 3.63) is 0 Å². The van der Waals surface area contributed by atoms with Crippen molar-refractivity contribution in [3.8, 4) is 0 Å². The molecule has 0 aromatic heterocycles. The van der Waals surface area contributed by atoms with Gasteiger partial charge in [0.05, 0.1) is 0 Å². The van der Waals surface area contributed by atoms with Gasteiger partial charge in [-0.2, -0.15) is 0 Å². The Labute approximate surface area is 68.4 Å². The van der Waals surface area contributed by atoms with Gasteiger partial charge < -0.3 is 4.90 Å². The van der Waals surface area contributed by atoms with Crippen molar-refractivity contribution in [1.82, 2.24) is 4.90 Å². The van der Waals surface area contributed by atoms with E-state index < -0.39 is 0 Å². The Morgan fingerprint density at radius 1 is 1.50 bits per heavy atom. The van der Waals surface area contributed by atoms with E-state index in [-0.39, 0.29) is 0 Å². The van der Waals surface area contributed by atoms with Crippen LogP contribution in [0.2, 0.25) is 0 Å². The molecule has 1 aliphatic carbocycles. The zero-order valence-corrected chi connectivity index (χ0v) is 7.40. The molecule has 0 N–H and O–H groups in total. The highest BCUT2D eigenvalue weighted by atomic mass is 35.5. The number of nitrogens with zero attached hydrogens (tertiary/aromatic N) is 1. The molecule has 0 saturated heterocycles. The second kappa shape index (κ2) is 4.20. The summed E-state index contributed by atoms with van der Waals surface area (Å²) in [7, 11) is 2.19. The maximum atomic E-state index is 5.57. The number of halogens is 1. The summed E-state index contributed by atoms with van der Waals surface area (Å²) in [5.41, 5.74) is 0. The highest BCUT2D eigenvalue weighted by Gasteiger charge is 2.22. The van der Waals surface area contributed by atoms with Crippen LogP contribution in [0, 0.1) is 5.92 Å². The lowest BCUT2D eigenvalue weighted by atomic mass is 10.3. The van der Waals surface area contributed by atoms with Crippen molar-refractivity contribution in [2.75, 3.05) is 26.0 Å². The smallest absolute Gasteiger partial charge is 0.0235 e. The summed E-state index contributed by atoms with van der Waals surface area (Å²) < 4.78 is 0. The lowest BCUT2D eigenvalue weighted by Crippen LogP contribution is -2.22. The Morgan fingerprint density at radius 3 is 2.70 bits per heavy atom. The molecule has 0 aliphatic heterocycles. The Bertz CT molecular complexity index is 91.3. The third-order valence-electron chi connectivity index (χ3n) is 1.94. The van der Waals surface area contributed by atoms with Crippen LogP contribution in [-0.2, 0) is 0 Å². The minimum Gasteiger partial charge on any atom is -0.306 e. The second-order valence-electron chi connectivity index (χ2n) is 3.25. The summed E-state index contributed by atoms with van der Waals surface area (Å²) >= 11 is 5.57. The van der Waals surface area contributed by atoms with Gasteiger partial charge in [0.15, 0.2) is 0 Å². The van der Waals surface area contributed by atoms with E-state index in [2.05, 4.69) is 11.9 Å². The Balaban J connectivity index is 1.91. The minimum absolute atomic E-state index is 0.801. The largest absolute Gasteiger partial charge is 0.306 e. The predicted molar refractivity (Wildman–Crippen MR) is 45.6 cm³/mol. The van der Waals surface area contributed by atoms with Crippen LogP contribution in [0.15, 0.2) is 0 Å². The summed E-state index contributed by atoms with van der Waals surface area (Å²) in [5, 5.41) is 0. The molecular weight excluding hydrogens is 146 g/mol. The van der Waals surface area contributed by atoms with Gasteiger partial charge in [0, 0.05) is 12.4 Å². The van der Waals surface area contributed by atoms with Crippen molar-refractivity contribution in [2.24, 2.45) is 5.92 Å². The molecule has 0 aromatic rings. The van der Waals surface area contributed by atoms with Crippen LogP contribution in [-0.4, -0.2) is 30.9 Å². The molecule has 2 heteroatoms. The van der Waals surface area contributed by atoms with Crippen LogP contribution < -0.4 is 0 Å². The lowest BCUT2D eigenvalue weighted by molar-refractivity contribution is 0.322. The minimum atomic E-state index is 0.801. The quantitative estimate of drug-likeness (QED) is 0.558. The van der Waals surface area contributed by atoms with Crippen LogP contribution in [0.25, 0.3) is 0 Å². The molecule has 1 saturated carbocycles. The average Bonchev–Trinajstić information content (AvgIpc) is 2.67. The fourth-order valence-corrected chi connectivity index (χ4v) is 1.28. The second-order valence-corrected chi connectivity index (χ2v) is 3.63. The third-order valence-corrected chi connectivity index (χ3v) is 2.21. The van der Waals surface area contributed by atoms with Gasteiger partial charge in [-0.1, -0.05) is 0 Å². The molecule has 1 fully saturated rings. The molecule has 0 amide bonds. The van der Waals surface area contributed by atoms with Gasteiger partial charge in [-0.25, -0.2) is 0 Å². The van der Waals surface area contributed by atoms with Gasteiger partial charge in [0.2, 0.25) is 0 Å². The zero-order chi connectivity index (χ0) is 7.40. The van der Waals surface area contributed by atoms with Crippen molar-refractivity contribution >= 4 is 11.6 Å². The third kappa shape index (κ3) is 3.43. The monoisotopic (exact) mass is 161 g/mol. The average molecular weight is 162 g/mol. The zero-order valence-electron chi connectivity index (χ0n) is 6.65. The van der Waals surface area contributed by atoms with E-state index >= 15 is 0 Å². The highest BCUT2D eigenvalue weighted by Crippen LogP contribution is 2.29. The van der Waals surface area contributed by atoms with Crippen molar-refractivity contribution in [1.29, 1.82) is 0 Å². The van der Waals surface area contributed by atoms with E-state index in [0.717, 1.165) is 18.2 Å². The first-order valence-electron chi connectivity index (χ1n) is 4.07. The fraction of sp³-hybridized carbons (Fsp3) is 1.00. The van der Waals surface area contributed by atoms with Crippen LogP contribution >= 0.6 is 11.6 Å². The van der Waals surface area contributed by atoms with E-state index in [1.165, 1.54) is 25.9 Å². The molecule has 0 heterocycles. The van der Waals surface area contributed by atoms with Crippen molar-refractivity contribution in [3.63, 3.8) is 0 Å². The maximum Gasteiger partial charge on any atom is 0.0235 e. The molecule has 0 atom stereocenters. The van der Waals surface area contributed by atoms with Gasteiger partial charge >= 0.3 is 0 Å². The summed E-state index contributed by atoms with van der Waals surface area (Å²) in [6, 6.07) is 0. The SMILES string of the molecule is CN(CCCCl)CC1CC1. The summed E-state index contributed by atoms with van der Waals surface area (Å²) in [5.74, 6) is 1.81. The summed E-state index contributed by atoms with van der Waals surface area (Å²) in [4.78, 5) is 2.39. The first-order valence-corrected chi connectivity index (χ1v) is 4.61. The Hall–Kier alpha value is 0.250. The van der Waals surface area contributed by atoms with Gasteiger partial charge in [0.25, 0.3) is 0 Å². The molecule has 10 heavy (non-hydrogen) atoms. The van der Waals surface area contributed by atoms with Gasteiger partial charge in [-0.15, -0.1) is 11.6 Å². The molecule has 0 radical (unpaired) electrons. The number of alkyl halides is 1. The van der Waals surface area contributed by atoms with E-state index in [4.69, 9.17) is 11.6 Å². The fourth-order valence-electron chi connectivity index (χ4n) is 1.16. The number of hydrogen-bond acceptors (Lipinski definition) is 1. The molecule has 1 aliphatic rings. The van der Waals surface area contributed by atoms with E-state index in [0.29, 0.717) is 0 Å². The van der Waals surface area contributed by atoms with E-state index in [9.17, 15) is 0 Å². The van der Waals surface area contributed by atoms with Gasteiger partial charge in [-0.3, -0.25) is 0 Å². The Morgan fingerprint density at radius 2 is 2.20 bits per heavy atom. The first kappa shape index (κ1) is 8.35. The van der Waals surface area contributed by atoms with Crippen molar-refractivity contribution < 1.29 is 0 Å². The predicted octanol–water partition coefficient (Wildman–Crippen LogP) is 1.96. The molecular formula is C8H16ClN. The molecule has 60 valence electrons. The molecule has 1 rings (SSSR count). The number of hydrogen-bond donors (Lipinski definition) is 0. The van der Waals surface area contributed by atoms with Crippen LogP contribution in [0.1, 0.15) is 19.3 Å². The Kier molecular flexibility index (Phi) is 3.50. The molecule has 0 bridgehead atoms. The normalized spacial score (nSPS) is 18.3. The molecule has 1 nitrogen and oxygen atoms in total. The van der Waals surface area contributed by atoms with Crippen LogP contribution in [0.3, 0.4) is 0 Å². The van der Waals surface area contributed by atoms with E-state index in [1.807, 2.05) is 0 Å². The topological polar surface area (TPSA) is 3.24 Å². The maximum absolute atomic E-state index is 5.57. The van der Waals surface area contributed by atoms with Crippen LogP contribution in [0.5, 0.6) is 0 Å². The summed E-state index contributed by atoms with van der Waals surface area (Å²) in [6.45, 7) is 2.46. The number of rotatable bonds is 5. The summed E-state index contributed by atoms with van der Waals surface area (Å²) in [6.07, 6.45) is 4.03.